The third-order valence-electron chi connectivity index (χ3n) is 2.82. The lowest BCUT2D eigenvalue weighted by molar-refractivity contribution is 0.178. The molecule has 0 radical (unpaired) electrons. The molecule has 1 aliphatic rings. The van der Waals surface area contributed by atoms with Crippen molar-refractivity contribution in [2.75, 3.05) is 13.2 Å². The van der Waals surface area contributed by atoms with E-state index in [1.165, 1.54) is 0 Å². The molecule has 2 atom stereocenters. The van der Waals surface area contributed by atoms with E-state index in [0.717, 1.165) is 25.5 Å². The van der Waals surface area contributed by atoms with Crippen molar-refractivity contribution >= 4 is 0 Å². The highest BCUT2D eigenvalue weighted by molar-refractivity contribution is 4.85. The van der Waals surface area contributed by atoms with Crippen LogP contribution in [0.5, 0.6) is 0 Å². The highest BCUT2D eigenvalue weighted by Gasteiger charge is 2.22. The largest absolute Gasteiger partial charge is 0.381 e. The Morgan fingerprint density at radius 1 is 1.60 bits per heavy atom. The maximum Gasteiger partial charge on any atom is 0.223 e. The lowest BCUT2D eigenvalue weighted by atomic mass is 10.0. The zero-order valence-electron chi connectivity index (χ0n) is 9.19. The molecule has 0 spiro atoms. The van der Waals surface area contributed by atoms with Gasteiger partial charge in [-0.05, 0) is 19.3 Å². The van der Waals surface area contributed by atoms with E-state index in [4.69, 9.17) is 9.26 Å². The molecule has 15 heavy (non-hydrogen) atoms. The lowest BCUT2D eigenvalue weighted by Gasteiger charge is -2.17. The van der Waals surface area contributed by atoms with Crippen LogP contribution in [0.3, 0.4) is 0 Å². The summed E-state index contributed by atoms with van der Waals surface area (Å²) in [6, 6.07) is 0.436. The lowest BCUT2D eigenvalue weighted by Crippen LogP contribution is -2.33. The first-order valence-electron chi connectivity index (χ1n) is 5.36. The van der Waals surface area contributed by atoms with Crippen molar-refractivity contribution in [2.45, 2.75) is 32.9 Å². The van der Waals surface area contributed by atoms with Gasteiger partial charge in [0.05, 0.1) is 13.2 Å². The summed E-state index contributed by atoms with van der Waals surface area (Å²) in [5.41, 5.74) is 0. The van der Waals surface area contributed by atoms with E-state index in [-0.39, 0.29) is 0 Å². The Hall–Kier alpha value is -0.940. The molecular formula is C10H17N3O2. The van der Waals surface area contributed by atoms with Gasteiger partial charge in [0.25, 0.3) is 0 Å². The molecule has 0 aliphatic carbocycles. The molecule has 0 saturated carbocycles. The summed E-state index contributed by atoms with van der Waals surface area (Å²) in [7, 11) is 0. The van der Waals surface area contributed by atoms with Crippen LogP contribution < -0.4 is 5.32 Å². The molecule has 1 N–H and O–H groups in total. The van der Waals surface area contributed by atoms with Gasteiger partial charge in [0.15, 0.2) is 5.82 Å². The molecule has 0 amide bonds. The van der Waals surface area contributed by atoms with Crippen molar-refractivity contribution in [3.05, 3.63) is 11.7 Å². The first kappa shape index (κ1) is 10.6. The molecule has 0 bridgehead atoms. The Kier molecular flexibility index (Phi) is 3.33. The van der Waals surface area contributed by atoms with Gasteiger partial charge in [-0.3, -0.25) is 0 Å². The third kappa shape index (κ3) is 2.76. The van der Waals surface area contributed by atoms with Crippen LogP contribution in [0.2, 0.25) is 0 Å². The number of rotatable bonds is 4. The van der Waals surface area contributed by atoms with Crippen molar-refractivity contribution < 1.29 is 9.26 Å². The molecule has 1 aromatic heterocycles. The predicted octanol–water partition coefficient (Wildman–Crippen LogP) is 0.893. The van der Waals surface area contributed by atoms with E-state index in [1.807, 2.05) is 0 Å². The van der Waals surface area contributed by atoms with Gasteiger partial charge in [-0.15, -0.1) is 0 Å². The number of hydrogen-bond donors (Lipinski definition) is 1. The predicted molar refractivity (Wildman–Crippen MR) is 54.3 cm³/mol. The highest BCUT2D eigenvalue weighted by atomic mass is 16.5. The SMILES string of the molecule is Cc1nc(CN[C@@H](C)[C@H]2CCOC2)no1. The molecule has 0 unspecified atom stereocenters. The fraction of sp³-hybridized carbons (Fsp3) is 0.800. The smallest absolute Gasteiger partial charge is 0.223 e. The Bertz CT molecular complexity index is 307. The van der Waals surface area contributed by atoms with E-state index in [2.05, 4.69) is 22.4 Å². The summed E-state index contributed by atoms with van der Waals surface area (Å²) in [6.07, 6.45) is 1.14. The highest BCUT2D eigenvalue weighted by Crippen LogP contribution is 2.16. The molecule has 1 saturated heterocycles. The molecule has 2 rings (SSSR count). The molecule has 2 heterocycles. The average molecular weight is 211 g/mol. The van der Waals surface area contributed by atoms with Crippen molar-refractivity contribution in [1.82, 2.24) is 15.5 Å². The second-order valence-corrected chi connectivity index (χ2v) is 4.02. The fourth-order valence-electron chi connectivity index (χ4n) is 1.78. The minimum atomic E-state index is 0.436. The van der Waals surface area contributed by atoms with Gasteiger partial charge in [0.2, 0.25) is 5.89 Å². The topological polar surface area (TPSA) is 60.2 Å². The Morgan fingerprint density at radius 2 is 2.47 bits per heavy atom. The van der Waals surface area contributed by atoms with Crippen molar-refractivity contribution in [3.8, 4) is 0 Å². The number of nitrogens with zero attached hydrogens (tertiary/aromatic N) is 2. The van der Waals surface area contributed by atoms with Gasteiger partial charge in [0.1, 0.15) is 0 Å². The second kappa shape index (κ2) is 4.72. The number of nitrogens with one attached hydrogen (secondary N) is 1. The molecular weight excluding hydrogens is 194 g/mol. The Labute approximate surface area is 89.2 Å². The zero-order chi connectivity index (χ0) is 10.7. The van der Waals surface area contributed by atoms with E-state index in [9.17, 15) is 0 Å². The first-order chi connectivity index (χ1) is 7.25. The van der Waals surface area contributed by atoms with Gasteiger partial charge >= 0.3 is 0 Å². The molecule has 0 aromatic carbocycles. The zero-order valence-corrected chi connectivity index (χ0v) is 9.19. The minimum absolute atomic E-state index is 0.436. The van der Waals surface area contributed by atoms with E-state index in [0.29, 0.717) is 24.4 Å². The fourth-order valence-corrected chi connectivity index (χ4v) is 1.78. The summed E-state index contributed by atoms with van der Waals surface area (Å²) < 4.78 is 10.2. The molecule has 1 aliphatic heterocycles. The normalized spacial score (nSPS) is 23.2. The second-order valence-electron chi connectivity index (χ2n) is 4.02. The third-order valence-corrected chi connectivity index (χ3v) is 2.82. The van der Waals surface area contributed by atoms with Crippen LogP contribution in [0.4, 0.5) is 0 Å². The van der Waals surface area contributed by atoms with Gasteiger partial charge in [-0.1, -0.05) is 5.16 Å². The van der Waals surface area contributed by atoms with Crippen LogP contribution in [0.15, 0.2) is 4.52 Å². The number of aryl methyl sites for hydroxylation is 1. The van der Waals surface area contributed by atoms with E-state index in [1.54, 1.807) is 6.92 Å². The monoisotopic (exact) mass is 211 g/mol. The van der Waals surface area contributed by atoms with E-state index < -0.39 is 0 Å². The summed E-state index contributed by atoms with van der Waals surface area (Å²) in [5, 5.41) is 7.22. The van der Waals surface area contributed by atoms with Crippen LogP contribution in [0.1, 0.15) is 25.1 Å². The molecule has 5 nitrogen and oxygen atoms in total. The summed E-state index contributed by atoms with van der Waals surface area (Å²) >= 11 is 0. The molecule has 1 fully saturated rings. The van der Waals surface area contributed by atoms with Crippen LogP contribution in [0, 0.1) is 12.8 Å². The Balaban J connectivity index is 1.77. The van der Waals surface area contributed by atoms with Crippen LogP contribution >= 0.6 is 0 Å². The summed E-state index contributed by atoms with van der Waals surface area (Å²) in [4.78, 5) is 4.14. The van der Waals surface area contributed by atoms with Crippen molar-refractivity contribution in [2.24, 2.45) is 5.92 Å². The van der Waals surface area contributed by atoms with Crippen LogP contribution in [-0.2, 0) is 11.3 Å². The number of ether oxygens (including phenoxy) is 1. The van der Waals surface area contributed by atoms with Gasteiger partial charge < -0.3 is 14.6 Å². The summed E-state index contributed by atoms with van der Waals surface area (Å²) in [5.74, 6) is 1.94. The van der Waals surface area contributed by atoms with Gasteiger partial charge in [-0.2, -0.15) is 4.98 Å². The quantitative estimate of drug-likeness (QED) is 0.801. The van der Waals surface area contributed by atoms with Crippen LogP contribution in [0.25, 0.3) is 0 Å². The average Bonchev–Trinajstić information content (AvgIpc) is 2.84. The number of aromatic nitrogens is 2. The first-order valence-corrected chi connectivity index (χ1v) is 5.36. The van der Waals surface area contributed by atoms with E-state index >= 15 is 0 Å². The van der Waals surface area contributed by atoms with Crippen molar-refractivity contribution in [3.63, 3.8) is 0 Å². The standard InChI is InChI=1S/C10H17N3O2/c1-7(9-3-4-14-6-9)11-5-10-12-8(2)15-13-10/h7,9,11H,3-6H2,1-2H3/t7-,9-/m0/s1. The maximum atomic E-state index is 5.34. The minimum Gasteiger partial charge on any atom is -0.381 e. The molecule has 84 valence electrons. The van der Waals surface area contributed by atoms with Crippen molar-refractivity contribution in [1.29, 1.82) is 0 Å². The van der Waals surface area contributed by atoms with Crippen LogP contribution in [-0.4, -0.2) is 29.4 Å². The van der Waals surface area contributed by atoms with Gasteiger partial charge in [0, 0.05) is 19.6 Å². The Morgan fingerprint density at radius 3 is 3.07 bits per heavy atom. The maximum absolute atomic E-state index is 5.34. The number of hydrogen-bond acceptors (Lipinski definition) is 5. The molecule has 5 heteroatoms. The summed E-state index contributed by atoms with van der Waals surface area (Å²) in [6.45, 7) is 6.38. The van der Waals surface area contributed by atoms with Gasteiger partial charge in [-0.25, -0.2) is 0 Å². The molecule has 1 aromatic rings.